The number of hydrogen-bond acceptors (Lipinski definition) is 4. The molecule has 1 aliphatic heterocycles. The Morgan fingerprint density at radius 3 is 3.17 bits per heavy atom. The first kappa shape index (κ1) is 12.8. The molecule has 0 bridgehead atoms. The number of halogens is 1. The molecule has 6 heteroatoms. The normalized spacial score (nSPS) is 19.5. The molecule has 1 fully saturated rings. The monoisotopic (exact) mass is 254 g/mol. The van der Waals surface area contributed by atoms with Gasteiger partial charge in [0.05, 0.1) is 18.3 Å². The lowest BCUT2D eigenvalue weighted by Crippen LogP contribution is -2.45. The second-order valence-electron chi connectivity index (χ2n) is 4.07. The molecular weight excluding hydrogens is 239 g/mol. The van der Waals surface area contributed by atoms with Crippen LogP contribution < -0.4 is 10.6 Å². The molecule has 18 heavy (non-hydrogen) atoms. The summed E-state index contributed by atoms with van der Waals surface area (Å²) in [5.74, 6) is -1.31. The summed E-state index contributed by atoms with van der Waals surface area (Å²) in [5.41, 5.74) is -0.0706. The summed E-state index contributed by atoms with van der Waals surface area (Å²) in [7, 11) is 0. The van der Waals surface area contributed by atoms with Crippen LogP contribution in [0.1, 0.15) is 10.4 Å². The Hall–Kier alpha value is -1.66. The lowest BCUT2D eigenvalue weighted by molar-refractivity contribution is 0.0287. The summed E-state index contributed by atoms with van der Waals surface area (Å²) < 4.78 is 18.4. The van der Waals surface area contributed by atoms with Crippen LogP contribution in [0, 0.1) is 5.82 Å². The number of carbonyl (C=O) groups excluding carboxylic acids is 1. The minimum Gasteiger partial charge on any atom is -0.507 e. The molecule has 0 spiro atoms. The van der Waals surface area contributed by atoms with E-state index >= 15 is 0 Å². The van der Waals surface area contributed by atoms with Gasteiger partial charge in [-0.2, -0.15) is 0 Å². The lowest BCUT2D eigenvalue weighted by Gasteiger charge is -2.23. The lowest BCUT2D eigenvalue weighted by atomic mass is 10.2. The standard InChI is InChI=1S/C12H15FN2O3/c13-8-1-2-11(16)10(5-8)12(17)15-7-9-6-14-3-4-18-9/h1-2,5,9,14,16H,3-4,6-7H2,(H,15,17). The van der Waals surface area contributed by atoms with Gasteiger partial charge >= 0.3 is 0 Å². The number of phenols is 1. The highest BCUT2D eigenvalue weighted by Gasteiger charge is 2.16. The summed E-state index contributed by atoms with van der Waals surface area (Å²) in [4.78, 5) is 11.7. The van der Waals surface area contributed by atoms with E-state index in [-0.39, 0.29) is 17.4 Å². The van der Waals surface area contributed by atoms with Crippen LogP contribution in [0.2, 0.25) is 0 Å². The topological polar surface area (TPSA) is 70.6 Å². The van der Waals surface area contributed by atoms with Gasteiger partial charge in [-0.1, -0.05) is 0 Å². The molecule has 1 aliphatic rings. The van der Waals surface area contributed by atoms with Gasteiger partial charge in [0, 0.05) is 19.6 Å². The third-order valence-electron chi connectivity index (χ3n) is 2.70. The van der Waals surface area contributed by atoms with Crippen LogP contribution in [0.25, 0.3) is 0 Å². The van der Waals surface area contributed by atoms with Crippen LogP contribution in [-0.2, 0) is 4.74 Å². The molecule has 98 valence electrons. The average Bonchev–Trinajstić information content (AvgIpc) is 2.40. The molecule has 1 aromatic rings. The van der Waals surface area contributed by atoms with Crippen molar-refractivity contribution in [2.24, 2.45) is 0 Å². The van der Waals surface area contributed by atoms with Crippen molar-refractivity contribution >= 4 is 5.91 Å². The smallest absolute Gasteiger partial charge is 0.255 e. The number of carbonyl (C=O) groups is 1. The first-order valence-electron chi connectivity index (χ1n) is 5.76. The Bertz CT molecular complexity index is 433. The molecule has 3 N–H and O–H groups in total. The van der Waals surface area contributed by atoms with Gasteiger partial charge in [0.2, 0.25) is 0 Å². The highest BCUT2D eigenvalue weighted by molar-refractivity contribution is 5.96. The molecular formula is C12H15FN2O3. The largest absolute Gasteiger partial charge is 0.507 e. The predicted octanol–water partition coefficient (Wildman–Crippen LogP) is 0.249. The molecule has 1 saturated heterocycles. The van der Waals surface area contributed by atoms with Gasteiger partial charge in [-0.25, -0.2) is 4.39 Å². The summed E-state index contributed by atoms with van der Waals surface area (Å²) in [6.45, 7) is 2.39. The van der Waals surface area contributed by atoms with E-state index in [1.54, 1.807) is 0 Å². The molecule has 1 atom stereocenters. The first-order valence-corrected chi connectivity index (χ1v) is 5.76. The van der Waals surface area contributed by atoms with Gasteiger partial charge in [0.25, 0.3) is 5.91 Å². The number of amides is 1. The molecule has 1 unspecified atom stereocenters. The zero-order valence-electron chi connectivity index (χ0n) is 9.78. The predicted molar refractivity (Wildman–Crippen MR) is 63.0 cm³/mol. The van der Waals surface area contributed by atoms with Crippen LogP contribution in [0.5, 0.6) is 5.75 Å². The number of benzene rings is 1. The van der Waals surface area contributed by atoms with E-state index in [0.29, 0.717) is 19.7 Å². The number of rotatable bonds is 3. The number of hydrogen-bond donors (Lipinski definition) is 3. The number of phenolic OH excluding ortho intramolecular Hbond substituents is 1. The van der Waals surface area contributed by atoms with Crippen molar-refractivity contribution in [1.29, 1.82) is 0 Å². The van der Waals surface area contributed by atoms with E-state index in [2.05, 4.69) is 10.6 Å². The molecule has 0 saturated carbocycles. The second-order valence-corrected chi connectivity index (χ2v) is 4.07. The molecule has 1 amide bonds. The number of ether oxygens (including phenoxy) is 1. The van der Waals surface area contributed by atoms with Crippen LogP contribution >= 0.6 is 0 Å². The number of morpholine rings is 1. The minimum atomic E-state index is -0.562. The Morgan fingerprint density at radius 2 is 2.44 bits per heavy atom. The molecule has 0 radical (unpaired) electrons. The Balaban J connectivity index is 1.92. The highest BCUT2D eigenvalue weighted by atomic mass is 19.1. The van der Waals surface area contributed by atoms with E-state index in [4.69, 9.17) is 4.74 Å². The maximum Gasteiger partial charge on any atom is 0.255 e. The van der Waals surface area contributed by atoms with Gasteiger partial charge < -0.3 is 20.5 Å². The fraction of sp³-hybridized carbons (Fsp3) is 0.417. The van der Waals surface area contributed by atoms with E-state index in [9.17, 15) is 14.3 Å². The molecule has 0 aromatic heterocycles. The van der Waals surface area contributed by atoms with Crippen molar-refractivity contribution < 1.29 is 19.0 Å². The first-order chi connectivity index (χ1) is 8.66. The number of nitrogens with one attached hydrogen (secondary N) is 2. The molecule has 1 heterocycles. The zero-order chi connectivity index (χ0) is 13.0. The second kappa shape index (κ2) is 5.79. The van der Waals surface area contributed by atoms with Gasteiger partial charge in [-0.05, 0) is 18.2 Å². The average molecular weight is 254 g/mol. The van der Waals surface area contributed by atoms with Crippen LogP contribution in [-0.4, -0.2) is 43.4 Å². The Morgan fingerprint density at radius 1 is 1.61 bits per heavy atom. The quantitative estimate of drug-likeness (QED) is 0.723. The van der Waals surface area contributed by atoms with Crippen LogP contribution in [0.15, 0.2) is 18.2 Å². The Kier molecular flexibility index (Phi) is 4.11. The van der Waals surface area contributed by atoms with E-state index < -0.39 is 11.7 Å². The van der Waals surface area contributed by atoms with Crippen molar-refractivity contribution in [1.82, 2.24) is 10.6 Å². The minimum absolute atomic E-state index is 0.0706. The van der Waals surface area contributed by atoms with Gasteiger partial charge in [-0.3, -0.25) is 4.79 Å². The number of aromatic hydroxyl groups is 1. The van der Waals surface area contributed by atoms with Crippen molar-refractivity contribution in [3.05, 3.63) is 29.6 Å². The highest BCUT2D eigenvalue weighted by Crippen LogP contribution is 2.17. The Labute approximate surface area is 104 Å². The maximum atomic E-state index is 13.0. The summed E-state index contributed by atoms with van der Waals surface area (Å²) >= 11 is 0. The summed E-state index contributed by atoms with van der Waals surface area (Å²) in [6, 6.07) is 3.26. The zero-order valence-corrected chi connectivity index (χ0v) is 9.78. The van der Waals surface area contributed by atoms with E-state index in [0.717, 1.165) is 24.7 Å². The fourth-order valence-electron chi connectivity index (χ4n) is 1.74. The van der Waals surface area contributed by atoms with Gasteiger partial charge in [0.15, 0.2) is 0 Å². The van der Waals surface area contributed by atoms with Gasteiger partial charge in [-0.15, -0.1) is 0 Å². The van der Waals surface area contributed by atoms with Crippen molar-refractivity contribution in [2.75, 3.05) is 26.2 Å². The molecule has 5 nitrogen and oxygen atoms in total. The summed E-state index contributed by atoms with van der Waals surface area (Å²) in [6.07, 6.45) is -0.0987. The van der Waals surface area contributed by atoms with Crippen LogP contribution in [0.4, 0.5) is 4.39 Å². The van der Waals surface area contributed by atoms with E-state index in [1.807, 2.05) is 0 Å². The van der Waals surface area contributed by atoms with Gasteiger partial charge in [0.1, 0.15) is 11.6 Å². The summed E-state index contributed by atoms with van der Waals surface area (Å²) in [5, 5.41) is 15.2. The van der Waals surface area contributed by atoms with Crippen molar-refractivity contribution in [2.45, 2.75) is 6.10 Å². The van der Waals surface area contributed by atoms with Crippen LogP contribution in [0.3, 0.4) is 0 Å². The third-order valence-corrected chi connectivity index (χ3v) is 2.70. The molecule has 2 rings (SSSR count). The van der Waals surface area contributed by atoms with Crippen molar-refractivity contribution in [3.63, 3.8) is 0 Å². The maximum absolute atomic E-state index is 13.0. The fourth-order valence-corrected chi connectivity index (χ4v) is 1.74. The van der Waals surface area contributed by atoms with Crippen molar-refractivity contribution in [3.8, 4) is 5.75 Å². The molecule has 1 aromatic carbocycles. The van der Waals surface area contributed by atoms with E-state index in [1.165, 1.54) is 0 Å². The SMILES string of the molecule is O=C(NCC1CNCCO1)c1cc(F)ccc1O. The molecule has 0 aliphatic carbocycles. The third kappa shape index (κ3) is 3.18.